The molecule has 0 fully saturated rings. The fraction of sp³-hybridized carbons (Fsp3) is 0.333. The lowest BCUT2D eigenvalue weighted by Gasteiger charge is -2.19. The summed E-state index contributed by atoms with van der Waals surface area (Å²) in [5.74, 6) is 0.253. The van der Waals surface area contributed by atoms with Gasteiger partial charge in [0.25, 0.3) is 5.91 Å². The van der Waals surface area contributed by atoms with Gasteiger partial charge in [-0.15, -0.1) is 0 Å². The van der Waals surface area contributed by atoms with Gasteiger partial charge < -0.3 is 9.47 Å². The van der Waals surface area contributed by atoms with Crippen molar-refractivity contribution in [1.29, 1.82) is 0 Å². The van der Waals surface area contributed by atoms with E-state index in [1.165, 1.54) is 0 Å². The maximum absolute atomic E-state index is 12.8. The van der Waals surface area contributed by atoms with Gasteiger partial charge in [-0.05, 0) is 37.4 Å². The number of nitrogens with zero attached hydrogens (tertiary/aromatic N) is 7. The van der Waals surface area contributed by atoms with E-state index in [2.05, 4.69) is 43.8 Å². The van der Waals surface area contributed by atoms with Crippen molar-refractivity contribution in [1.82, 2.24) is 34.0 Å². The number of hydrogen-bond acceptors (Lipinski definition) is 5. The first kappa shape index (κ1) is 19.8. The Hall–Kier alpha value is -3.46. The Bertz CT molecular complexity index is 1110. The lowest BCUT2D eigenvalue weighted by atomic mass is 10.3. The summed E-state index contributed by atoms with van der Waals surface area (Å²) >= 11 is 0. The zero-order valence-corrected chi connectivity index (χ0v) is 17.3. The van der Waals surface area contributed by atoms with Crippen molar-refractivity contribution in [3.05, 3.63) is 60.7 Å². The van der Waals surface area contributed by atoms with Crippen LogP contribution >= 0.6 is 0 Å². The molecule has 0 aliphatic heterocycles. The van der Waals surface area contributed by atoms with E-state index in [0.29, 0.717) is 18.3 Å². The normalized spacial score (nSPS) is 11.4. The first-order valence-electron chi connectivity index (χ1n) is 10.2. The largest absolute Gasteiger partial charge is 0.309 e. The molecule has 9 heteroatoms. The van der Waals surface area contributed by atoms with Crippen molar-refractivity contribution < 1.29 is 4.79 Å². The van der Waals surface area contributed by atoms with Crippen LogP contribution in [0, 0.1) is 0 Å². The zero-order valence-electron chi connectivity index (χ0n) is 17.3. The minimum atomic E-state index is -0.284. The monoisotopic (exact) mass is 406 g/mol. The molecule has 0 radical (unpaired) electrons. The van der Waals surface area contributed by atoms with Crippen LogP contribution in [0.3, 0.4) is 0 Å². The molecule has 156 valence electrons. The first-order chi connectivity index (χ1) is 14.7. The number of aromatic nitrogens is 6. The quantitative estimate of drug-likeness (QED) is 0.462. The fourth-order valence-corrected chi connectivity index (χ4v) is 3.44. The third-order valence-corrected chi connectivity index (χ3v) is 5.14. The third-order valence-electron chi connectivity index (χ3n) is 5.14. The molecule has 0 saturated heterocycles. The van der Waals surface area contributed by atoms with Crippen LogP contribution in [0.15, 0.2) is 55.0 Å². The number of nitrogens with one attached hydrogen (secondary N) is 1. The van der Waals surface area contributed by atoms with Crippen LogP contribution in [-0.2, 0) is 13.2 Å². The van der Waals surface area contributed by atoms with E-state index in [4.69, 9.17) is 0 Å². The number of hydrogen-bond donors (Lipinski definition) is 1. The average molecular weight is 406 g/mol. The van der Waals surface area contributed by atoms with Gasteiger partial charge in [0.1, 0.15) is 6.67 Å². The van der Waals surface area contributed by atoms with Gasteiger partial charge >= 0.3 is 0 Å². The summed E-state index contributed by atoms with van der Waals surface area (Å²) < 4.78 is 5.47. The van der Waals surface area contributed by atoms with Gasteiger partial charge in [0.05, 0.1) is 11.0 Å². The highest BCUT2D eigenvalue weighted by molar-refractivity contribution is 6.02. The Balaban J connectivity index is 1.53. The van der Waals surface area contributed by atoms with E-state index in [1.54, 1.807) is 27.8 Å². The average Bonchev–Trinajstić information content (AvgIpc) is 3.50. The second kappa shape index (κ2) is 8.91. The van der Waals surface area contributed by atoms with Crippen LogP contribution in [0.4, 0.5) is 5.95 Å². The van der Waals surface area contributed by atoms with Gasteiger partial charge in [-0.2, -0.15) is 10.2 Å². The van der Waals surface area contributed by atoms with Crippen LogP contribution in [-0.4, -0.2) is 59.6 Å². The molecule has 9 nitrogen and oxygen atoms in total. The minimum absolute atomic E-state index is 0.284. The van der Waals surface area contributed by atoms with Crippen LogP contribution in [0.25, 0.3) is 11.0 Å². The molecule has 0 unspecified atom stereocenters. The number of amides is 1. The number of imidazole rings is 1. The number of carbonyl (C=O) groups excluding carboxylic acids is 1. The van der Waals surface area contributed by atoms with Gasteiger partial charge in [-0.25, -0.2) is 4.98 Å². The predicted octanol–water partition coefficient (Wildman–Crippen LogP) is 2.53. The second-order valence-corrected chi connectivity index (χ2v) is 6.98. The van der Waals surface area contributed by atoms with Gasteiger partial charge in [0.2, 0.25) is 5.95 Å². The van der Waals surface area contributed by atoms with E-state index in [1.807, 2.05) is 36.5 Å². The minimum Gasteiger partial charge on any atom is -0.309 e. The van der Waals surface area contributed by atoms with E-state index in [9.17, 15) is 4.79 Å². The molecule has 0 saturated carbocycles. The number of anilines is 1. The number of fused-ring (bicyclic) bond motifs is 1. The number of carbonyl (C=O) groups is 1. The van der Waals surface area contributed by atoms with Crippen LogP contribution in [0.1, 0.15) is 24.3 Å². The number of para-hydroxylation sites is 2. The van der Waals surface area contributed by atoms with Crippen molar-refractivity contribution in [2.75, 3.05) is 25.0 Å². The molecular weight excluding hydrogens is 380 g/mol. The molecule has 3 aromatic heterocycles. The summed E-state index contributed by atoms with van der Waals surface area (Å²) in [6.07, 6.45) is 5.32. The molecule has 30 heavy (non-hydrogen) atoms. The number of benzene rings is 1. The maximum Gasteiger partial charge on any atom is 0.278 e. The SMILES string of the molecule is CCN(CC)CCn1c(NC(=O)c2ccn(Cn3cccn3)n2)nc2ccccc21. The highest BCUT2D eigenvalue weighted by Crippen LogP contribution is 2.20. The van der Waals surface area contributed by atoms with Crippen LogP contribution < -0.4 is 5.32 Å². The van der Waals surface area contributed by atoms with E-state index in [0.717, 1.165) is 37.2 Å². The second-order valence-electron chi connectivity index (χ2n) is 6.98. The fourth-order valence-electron chi connectivity index (χ4n) is 3.44. The van der Waals surface area contributed by atoms with Gasteiger partial charge in [0, 0.05) is 31.7 Å². The molecule has 1 N–H and O–H groups in total. The van der Waals surface area contributed by atoms with Crippen molar-refractivity contribution in [3.8, 4) is 0 Å². The van der Waals surface area contributed by atoms with Crippen molar-refractivity contribution in [2.24, 2.45) is 0 Å². The Morgan fingerprint density at radius 2 is 1.90 bits per heavy atom. The molecule has 0 aliphatic carbocycles. The Kier molecular flexibility index (Phi) is 5.89. The third kappa shape index (κ3) is 4.25. The number of likely N-dealkylation sites (N-methyl/N-ethyl adjacent to an activating group) is 1. The summed E-state index contributed by atoms with van der Waals surface area (Å²) in [5, 5.41) is 11.5. The first-order valence-corrected chi connectivity index (χ1v) is 10.2. The molecule has 1 aromatic carbocycles. The Labute approximate surface area is 174 Å². The topological polar surface area (TPSA) is 85.8 Å². The van der Waals surface area contributed by atoms with Gasteiger partial charge in [-0.3, -0.25) is 19.5 Å². The lowest BCUT2D eigenvalue weighted by Crippen LogP contribution is -2.27. The summed E-state index contributed by atoms with van der Waals surface area (Å²) in [6.45, 7) is 8.34. The maximum atomic E-state index is 12.8. The molecular formula is C21H26N8O. The smallest absolute Gasteiger partial charge is 0.278 e. The summed E-state index contributed by atoms with van der Waals surface area (Å²) in [6, 6.07) is 11.5. The van der Waals surface area contributed by atoms with E-state index in [-0.39, 0.29) is 5.91 Å². The Morgan fingerprint density at radius 3 is 2.67 bits per heavy atom. The molecule has 4 rings (SSSR count). The molecule has 0 atom stereocenters. The molecule has 0 aliphatic rings. The molecule has 0 bridgehead atoms. The van der Waals surface area contributed by atoms with Crippen molar-refractivity contribution in [3.63, 3.8) is 0 Å². The molecule has 1 amide bonds. The number of rotatable bonds is 9. The standard InChI is InChI=1S/C21H26N8O/c1-3-26(4-2)14-15-29-19-9-6-5-8-17(19)23-21(29)24-20(30)18-10-13-28(25-18)16-27-12-7-11-22-27/h5-13H,3-4,14-16H2,1-2H3,(H,23,24,30). The zero-order chi connectivity index (χ0) is 20.9. The molecule has 3 heterocycles. The summed E-state index contributed by atoms with van der Waals surface area (Å²) in [4.78, 5) is 19.8. The van der Waals surface area contributed by atoms with Crippen molar-refractivity contribution >= 4 is 22.9 Å². The lowest BCUT2D eigenvalue weighted by molar-refractivity contribution is 0.102. The van der Waals surface area contributed by atoms with Gasteiger partial charge in [0.15, 0.2) is 5.69 Å². The Morgan fingerprint density at radius 1 is 1.07 bits per heavy atom. The van der Waals surface area contributed by atoms with Crippen molar-refractivity contribution in [2.45, 2.75) is 27.1 Å². The summed E-state index contributed by atoms with van der Waals surface area (Å²) in [5.41, 5.74) is 2.20. The highest BCUT2D eigenvalue weighted by Gasteiger charge is 2.16. The van der Waals surface area contributed by atoms with Gasteiger partial charge in [-0.1, -0.05) is 26.0 Å². The molecule has 4 aromatic rings. The van der Waals surface area contributed by atoms with Crippen LogP contribution in [0.5, 0.6) is 0 Å². The highest BCUT2D eigenvalue weighted by atomic mass is 16.2. The van der Waals surface area contributed by atoms with E-state index >= 15 is 0 Å². The molecule has 0 spiro atoms. The predicted molar refractivity (Wildman–Crippen MR) is 115 cm³/mol. The van der Waals surface area contributed by atoms with E-state index < -0.39 is 0 Å². The summed E-state index contributed by atoms with van der Waals surface area (Å²) in [7, 11) is 0. The van der Waals surface area contributed by atoms with Crippen LogP contribution in [0.2, 0.25) is 0 Å².